The lowest BCUT2D eigenvalue weighted by Crippen LogP contribution is -2.31. The van der Waals surface area contributed by atoms with Crippen molar-refractivity contribution in [2.24, 2.45) is 11.1 Å². The number of primary sulfonamides is 1. The molecule has 6 nitrogen and oxygen atoms in total. The van der Waals surface area contributed by atoms with E-state index in [0.29, 0.717) is 5.69 Å². The molecule has 0 spiro atoms. The highest BCUT2D eigenvalue weighted by molar-refractivity contribution is 7.89. The summed E-state index contributed by atoms with van der Waals surface area (Å²) in [5.41, 5.74) is 1.47. The zero-order chi connectivity index (χ0) is 19.4. The fourth-order valence-corrected chi connectivity index (χ4v) is 4.33. The largest absolute Gasteiger partial charge is 0.496 e. The first-order valence-corrected chi connectivity index (χ1v) is 10.5. The van der Waals surface area contributed by atoms with Crippen molar-refractivity contribution in [3.63, 3.8) is 0 Å². The van der Waals surface area contributed by atoms with Crippen molar-refractivity contribution in [1.29, 1.82) is 0 Å². The molecule has 144 valence electrons. The van der Waals surface area contributed by atoms with Crippen LogP contribution in [0.3, 0.4) is 0 Å². The van der Waals surface area contributed by atoms with Gasteiger partial charge in [0.2, 0.25) is 15.9 Å². The first-order valence-electron chi connectivity index (χ1n) is 8.97. The smallest absolute Gasteiger partial charge is 0.238 e. The van der Waals surface area contributed by atoms with E-state index in [0.717, 1.165) is 37.0 Å². The van der Waals surface area contributed by atoms with E-state index < -0.39 is 10.0 Å². The standard InChI is InChI=1S/C20H24N2O4S/c1-26-19-12-5-4-10-17(19)16-9-2-3-11-18(16)20(23)22-14-7-6-8-15(13-14)27(21,24)25/h4-8,10,12-13,16,18H,2-3,9,11H2,1H3,(H,22,23)(H2,21,24,25)/t16?,18-/m1/s1. The molecule has 0 aliphatic heterocycles. The first kappa shape index (κ1) is 19.4. The van der Waals surface area contributed by atoms with Crippen LogP contribution in [0.5, 0.6) is 5.75 Å². The fraction of sp³-hybridized carbons (Fsp3) is 0.350. The number of benzene rings is 2. The lowest BCUT2D eigenvalue weighted by Gasteiger charge is -2.31. The molecule has 0 aromatic heterocycles. The molecule has 3 N–H and O–H groups in total. The molecule has 1 aliphatic rings. The Morgan fingerprint density at radius 1 is 1.11 bits per heavy atom. The van der Waals surface area contributed by atoms with Crippen molar-refractivity contribution in [3.8, 4) is 5.75 Å². The van der Waals surface area contributed by atoms with E-state index >= 15 is 0 Å². The van der Waals surface area contributed by atoms with E-state index in [1.807, 2.05) is 24.3 Å². The number of carbonyl (C=O) groups is 1. The molecule has 2 atom stereocenters. The minimum Gasteiger partial charge on any atom is -0.496 e. The topological polar surface area (TPSA) is 98.5 Å². The number of ether oxygens (including phenoxy) is 1. The average molecular weight is 388 g/mol. The summed E-state index contributed by atoms with van der Waals surface area (Å²) >= 11 is 0. The van der Waals surface area contributed by atoms with Crippen molar-refractivity contribution >= 4 is 21.6 Å². The predicted octanol–water partition coefficient (Wildman–Crippen LogP) is 3.26. The summed E-state index contributed by atoms with van der Waals surface area (Å²) in [5.74, 6) is 0.542. The maximum Gasteiger partial charge on any atom is 0.238 e. The molecular weight excluding hydrogens is 364 g/mol. The molecule has 1 aliphatic carbocycles. The summed E-state index contributed by atoms with van der Waals surface area (Å²) in [6.45, 7) is 0. The van der Waals surface area contributed by atoms with Gasteiger partial charge in [-0.3, -0.25) is 4.79 Å². The van der Waals surface area contributed by atoms with Crippen LogP contribution in [0.15, 0.2) is 53.4 Å². The molecule has 1 saturated carbocycles. The molecule has 0 heterocycles. The van der Waals surface area contributed by atoms with Gasteiger partial charge in [0.25, 0.3) is 0 Å². The Kier molecular flexibility index (Phi) is 5.82. The number of hydrogen-bond donors (Lipinski definition) is 2. The third-order valence-corrected chi connectivity index (χ3v) is 5.98. The van der Waals surface area contributed by atoms with Crippen LogP contribution in [-0.2, 0) is 14.8 Å². The van der Waals surface area contributed by atoms with Gasteiger partial charge in [-0.2, -0.15) is 0 Å². The quantitative estimate of drug-likeness (QED) is 0.821. The van der Waals surface area contributed by atoms with Crippen LogP contribution in [0.1, 0.15) is 37.2 Å². The Labute approximate surface area is 159 Å². The van der Waals surface area contributed by atoms with Gasteiger partial charge in [-0.15, -0.1) is 0 Å². The third kappa shape index (κ3) is 4.48. The van der Waals surface area contributed by atoms with Gasteiger partial charge in [-0.05, 0) is 48.6 Å². The summed E-state index contributed by atoms with van der Waals surface area (Å²) in [4.78, 5) is 13.0. The van der Waals surface area contributed by atoms with Crippen LogP contribution < -0.4 is 15.2 Å². The maximum absolute atomic E-state index is 13.0. The minimum absolute atomic E-state index is 0.0229. The summed E-state index contributed by atoms with van der Waals surface area (Å²) in [6.07, 6.45) is 3.74. The van der Waals surface area contributed by atoms with Gasteiger partial charge in [0.1, 0.15) is 5.75 Å². The van der Waals surface area contributed by atoms with Crippen LogP contribution in [0.2, 0.25) is 0 Å². The van der Waals surface area contributed by atoms with Crippen molar-refractivity contribution in [3.05, 3.63) is 54.1 Å². The lowest BCUT2D eigenvalue weighted by atomic mass is 9.74. The number of carbonyl (C=O) groups excluding carboxylic acids is 1. The van der Waals surface area contributed by atoms with Crippen LogP contribution in [0, 0.1) is 5.92 Å². The van der Waals surface area contributed by atoms with E-state index in [1.165, 1.54) is 12.1 Å². The van der Waals surface area contributed by atoms with E-state index in [2.05, 4.69) is 5.32 Å². The molecule has 27 heavy (non-hydrogen) atoms. The Bertz CT molecular complexity index is 927. The molecule has 2 aromatic carbocycles. The number of para-hydroxylation sites is 1. The second kappa shape index (κ2) is 8.10. The normalized spacial score (nSPS) is 20.1. The highest BCUT2D eigenvalue weighted by Gasteiger charge is 2.33. The Morgan fingerprint density at radius 3 is 2.59 bits per heavy atom. The molecule has 1 unspecified atom stereocenters. The molecule has 0 bridgehead atoms. The van der Waals surface area contributed by atoms with Crippen molar-refractivity contribution in [2.75, 3.05) is 12.4 Å². The van der Waals surface area contributed by atoms with Gasteiger partial charge in [-0.25, -0.2) is 13.6 Å². The Morgan fingerprint density at radius 2 is 1.85 bits per heavy atom. The second-order valence-corrected chi connectivity index (χ2v) is 8.36. The zero-order valence-electron chi connectivity index (χ0n) is 15.2. The lowest BCUT2D eigenvalue weighted by molar-refractivity contribution is -0.121. The fourth-order valence-electron chi connectivity index (χ4n) is 3.78. The number of amides is 1. The number of sulfonamides is 1. The number of nitrogens with one attached hydrogen (secondary N) is 1. The summed E-state index contributed by atoms with van der Waals surface area (Å²) in [7, 11) is -2.18. The van der Waals surface area contributed by atoms with Crippen molar-refractivity contribution in [2.45, 2.75) is 36.5 Å². The number of methoxy groups -OCH3 is 1. The van der Waals surface area contributed by atoms with Crippen LogP contribution in [-0.4, -0.2) is 21.4 Å². The van der Waals surface area contributed by atoms with Gasteiger partial charge in [0.05, 0.1) is 12.0 Å². The van der Waals surface area contributed by atoms with E-state index in [1.54, 1.807) is 19.2 Å². The summed E-state index contributed by atoms with van der Waals surface area (Å²) < 4.78 is 28.5. The van der Waals surface area contributed by atoms with E-state index in [4.69, 9.17) is 9.88 Å². The molecule has 0 radical (unpaired) electrons. The molecule has 0 saturated heterocycles. The maximum atomic E-state index is 13.0. The summed E-state index contributed by atoms with van der Waals surface area (Å²) in [6, 6.07) is 13.8. The van der Waals surface area contributed by atoms with Gasteiger partial charge in [0, 0.05) is 11.6 Å². The van der Waals surface area contributed by atoms with Crippen LogP contribution in [0.25, 0.3) is 0 Å². The number of rotatable bonds is 5. The summed E-state index contributed by atoms with van der Waals surface area (Å²) in [5, 5.41) is 8.04. The molecule has 1 amide bonds. The Balaban J connectivity index is 1.84. The monoisotopic (exact) mass is 388 g/mol. The van der Waals surface area contributed by atoms with Crippen molar-refractivity contribution < 1.29 is 17.9 Å². The molecule has 3 rings (SSSR count). The van der Waals surface area contributed by atoms with Crippen LogP contribution >= 0.6 is 0 Å². The third-order valence-electron chi connectivity index (χ3n) is 5.07. The highest BCUT2D eigenvalue weighted by Crippen LogP contribution is 2.41. The zero-order valence-corrected chi connectivity index (χ0v) is 16.0. The van der Waals surface area contributed by atoms with Gasteiger partial charge < -0.3 is 10.1 Å². The molecular formula is C20H24N2O4S. The molecule has 1 fully saturated rings. The minimum atomic E-state index is -3.82. The van der Waals surface area contributed by atoms with Gasteiger partial charge in [0.15, 0.2) is 0 Å². The van der Waals surface area contributed by atoms with E-state index in [-0.39, 0.29) is 22.6 Å². The highest BCUT2D eigenvalue weighted by atomic mass is 32.2. The SMILES string of the molecule is COc1ccccc1C1CCCC[C@H]1C(=O)Nc1cccc(S(N)(=O)=O)c1. The average Bonchev–Trinajstić information content (AvgIpc) is 2.67. The van der Waals surface area contributed by atoms with Gasteiger partial charge >= 0.3 is 0 Å². The first-order chi connectivity index (χ1) is 12.9. The van der Waals surface area contributed by atoms with E-state index in [9.17, 15) is 13.2 Å². The molecule has 7 heteroatoms. The second-order valence-electron chi connectivity index (χ2n) is 6.80. The van der Waals surface area contributed by atoms with Crippen molar-refractivity contribution in [1.82, 2.24) is 0 Å². The number of nitrogens with two attached hydrogens (primary N) is 1. The van der Waals surface area contributed by atoms with Gasteiger partial charge in [-0.1, -0.05) is 37.1 Å². The van der Waals surface area contributed by atoms with Crippen LogP contribution in [0.4, 0.5) is 5.69 Å². The number of hydrogen-bond acceptors (Lipinski definition) is 4. The predicted molar refractivity (Wildman–Crippen MR) is 104 cm³/mol. The number of anilines is 1. The Hall–Kier alpha value is -2.38. The molecule has 2 aromatic rings.